The molecule has 7 unspecified atom stereocenters. The van der Waals surface area contributed by atoms with E-state index in [4.69, 9.17) is 38.3 Å². The molecule has 0 spiro atoms. The highest BCUT2D eigenvalue weighted by molar-refractivity contribution is 5.74. The fourth-order valence-corrected chi connectivity index (χ4v) is 4.26. The summed E-state index contributed by atoms with van der Waals surface area (Å²) in [6.07, 6.45) is 4.02. The average molecular weight is 574 g/mol. The van der Waals surface area contributed by atoms with E-state index in [2.05, 4.69) is 10.3 Å². The van der Waals surface area contributed by atoms with Crippen LogP contribution >= 0.6 is 0 Å². The third-order valence-corrected chi connectivity index (χ3v) is 6.74. The number of nitrogens with zero attached hydrogens (tertiary/aromatic N) is 2. The number of nitrogens with two attached hydrogens (primary N) is 4. The number of carboxylic acid groups (broad SMARTS) is 4. The molecule has 14 N–H and O–H groups in total. The molecule has 0 radical (unpaired) electrons. The van der Waals surface area contributed by atoms with E-state index in [1.54, 1.807) is 10.8 Å². The predicted molar refractivity (Wildman–Crippen MR) is 142 cm³/mol. The number of rotatable bonds is 22. The highest BCUT2D eigenvalue weighted by Crippen LogP contribution is 2.29. The van der Waals surface area contributed by atoms with Gasteiger partial charge in [0.1, 0.15) is 24.2 Å². The maximum Gasteiger partial charge on any atom is 0.320 e. The van der Waals surface area contributed by atoms with Crippen molar-refractivity contribution in [2.75, 3.05) is 13.1 Å². The molecule has 0 aromatic carbocycles. The number of imidazole rings is 1. The van der Waals surface area contributed by atoms with Gasteiger partial charge in [-0.2, -0.15) is 0 Å². The summed E-state index contributed by atoms with van der Waals surface area (Å²) >= 11 is 0. The lowest BCUT2D eigenvalue weighted by Gasteiger charge is -2.30. The molecule has 1 aromatic heterocycles. The van der Waals surface area contributed by atoms with Gasteiger partial charge in [0, 0.05) is 31.7 Å². The van der Waals surface area contributed by atoms with Crippen LogP contribution in [0.5, 0.6) is 0 Å². The van der Waals surface area contributed by atoms with Gasteiger partial charge in [-0.15, -0.1) is 0 Å². The number of carbonyl (C=O) groups is 4. The van der Waals surface area contributed by atoms with Crippen molar-refractivity contribution in [1.82, 2.24) is 14.9 Å². The lowest BCUT2D eigenvalue weighted by atomic mass is 9.88. The average Bonchev–Trinajstić information content (AvgIpc) is 3.34. The molecule has 0 fully saturated rings. The van der Waals surface area contributed by atoms with Crippen LogP contribution < -0.4 is 28.3 Å². The zero-order valence-electron chi connectivity index (χ0n) is 22.3. The molecule has 228 valence electrons. The van der Waals surface area contributed by atoms with Crippen molar-refractivity contribution in [3.05, 3.63) is 18.2 Å². The Morgan fingerprint density at radius 3 is 1.82 bits per heavy atom. The number of hydrogen-bond donors (Lipinski definition) is 10. The summed E-state index contributed by atoms with van der Waals surface area (Å²) in [6.45, 7) is 0.416. The number of hydrogen-bond acceptors (Lipinski definition) is 11. The maximum atomic E-state index is 11.3. The van der Waals surface area contributed by atoms with Crippen molar-refractivity contribution in [1.29, 1.82) is 0 Å². The summed E-state index contributed by atoms with van der Waals surface area (Å²) in [5.41, 5.74) is 23.0. The molecule has 40 heavy (non-hydrogen) atoms. The SMILES string of the molecule is NC(CCCC(C(CCC(N)C(=O)O)CNCC(O)CCC(N)C(=O)O)n1cnc(CC(N)C(=O)O)c1)C(=O)O. The van der Waals surface area contributed by atoms with Crippen LogP contribution in [0.25, 0.3) is 0 Å². The van der Waals surface area contributed by atoms with E-state index in [9.17, 15) is 29.4 Å². The van der Waals surface area contributed by atoms with Gasteiger partial charge in [-0.25, -0.2) is 4.98 Å². The standard InChI is InChI=1S/C24H43N7O9/c25-16(21(33)34)2-1-3-20(31-11-14(30-12-31)8-19(28)24(39)40)13(4-6-17(26)22(35)36)9-29-10-15(32)5-7-18(27)23(37)38/h11-13,15-20,29,32H,1-10,25-28H2,(H,33,34)(H,35,36)(H,37,38)(H,39,40). The van der Waals surface area contributed by atoms with E-state index < -0.39 is 54.1 Å². The first-order valence-corrected chi connectivity index (χ1v) is 13.1. The summed E-state index contributed by atoms with van der Waals surface area (Å²) in [6, 6.07) is -4.76. The van der Waals surface area contributed by atoms with E-state index >= 15 is 0 Å². The van der Waals surface area contributed by atoms with E-state index in [1.165, 1.54) is 6.33 Å². The summed E-state index contributed by atoms with van der Waals surface area (Å²) in [7, 11) is 0. The van der Waals surface area contributed by atoms with Crippen LogP contribution in [0.15, 0.2) is 12.5 Å². The number of aromatic nitrogens is 2. The van der Waals surface area contributed by atoms with Crippen molar-refractivity contribution in [2.24, 2.45) is 28.9 Å². The Kier molecular flexibility index (Phi) is 15.3. The fraction of sp³-hybridized carbons (Fsp3) is 0.708. The minimum atomic E-state index is -1.18. The Labute approximate surface area is 231 Å². The molecule has 1 heterocycles. The lowest BCUT2D eigenvalue weighted by molar-refractivity contribution is -0.139. The van der Waals surface area contributed by atoms with Crippen LogP contribution in [0, 0.1) is 5.92 Å². The molecule has 0 aliphatic carbocycles. The number of aliphatic hydroxyl groups is 1. The first kappa shape index (κ1) is 34.9. The quantitative estimate of drug-likeness (QED) is 0.0711. The van der Waals surface area contributed by atoms with Crippen LogP contribution in [0.4, 0.5) is 0 Å². The van der Waals surface area contributed by atoms with Crippen LogP contribution in [0.3, 0.4) is 0 Å². The molecule has 0 aliphatic rings. The fourth-order valence-electron chi connectivity index (χ4n) is 4.26. The molecule has 1 aromatic rings. The molecule has 7 atom stereocenters. The Morgan fingerprint density at radius 1 is 0.750 bits per heavy atom. The van der Waals surface area contributed by atoms with Crippen molar-refractivity contribution < 1.29 is 44.7 Å². The number of carboxylic acids is 4. The minimum absolute atomic E-state index is 0.0174. The number of aliphatic carboxylic acids is 4. The van der Waals surface area contributed by atoms with Crippen molar-refractivity contribution in [2.45, 2.75) is 87.7 Å². The topological polar surface area (TPSA) is 303 Å². The highest BCUT2D eigenvalue weighted by Gasteiger charge is 2.27. The highest BCUT2D eigenvalue weighted by atomic mass is 16.4. The first-order valence-electron chi connectivity index (χ1n) is 13.1. The third-order valence-electron chi connectivity index (χ3n) is 6.74. The predicted octanol–water partition coefficient (Wildman–Crippen LogP) is -2.09. The van der Waals surface area contributed by atoms with Crippen molar-refractivity contribution in [3.63, 3.8) is 0 Å². The first-order chi connectivity index (χ1) is 18.7. The largest absolute Gasteiger partial charge is 0.480 e. The number of aliphatic hydroxyl groups excluding tert-OH is 1. The Morgan fingerprint density at radius 2 is 1.27 bits per heavy atom. The lowest BCUT2D eigenvalue weighted by Crippen LogP contribution is -2.37. The van der Waals surface area contributed by atoms with Gasteiger partial charge in [0.25, 0.3) is 0 Å². The molecule has 1 rings (SSSR count). The normalized spacial score (nSPS) is 16.8. The van der Waals surface area contributed by atoms with Gasteiger partial charge in [-0.05, 0) is 50.9 Å². The Hall–Kier alpha value is -3.15. The van der Waals surface area contributed by atoms with E-state index in [1.807, 2.05) is 0 Å². The van der Waals surface area contributed by atoms with Gasteiger partial charge in [0.15, 0.2) is 0 Å². The molecule has 16 nitrogen and oxygen atoms in total. The summed E-state index contributed by atoms with van der Waals surface area (Å²) in [5.74, 6) is -4.90. The second-order valence-corrected chi connectivity index (χ2v) is 10.0. The molecule has 0 saturated heterocycles. The van der Waals surface area contributed by atoms with Crippen LogP contribution in [-0.2, 0) is 25.6 Å². The van der Waals surface area contributed by atoms with E-state index in [0.717, 1.165) is 0 Å². The smallest absolute Gasteiger partial charge is 0.320 e. The summed E-state index contributed by atoms with van der Waals surface area (Å²) < 4.78 is 1.76. The number of nitrogens with one attached hydrogen (secondary N) is 1. The van der Waals surface area contributed by atoms with Gasteiger partial charge in [-0.3, -0.25) is 19.2 Å². The maximum absolute atomic E-state index is 11.3. The van der Waals surface area contributed by atoms with Crippen molar-refractivity contribution in [3.8, 4) is 0 Å². The molecule has 0 amide bonds. The van der Waals surface area contributed by atoms with E-state index in [0.29, 0.717) is 31.5 Å². The third kappa shape index (κ3) is 12.8. The van der Waals surface area contributed by atoms with Crippen LogP contribution in [-0.4, -0.2) is 102 Å². The zero-order valence-corrected chi connectivity index (χ0v) is 22.3. The monoisotopic (exact) mass is 573 g/mol. The summed E-state index contributed by atoms with van der Waals surface area (Å²) in [4.78, 5) is 48.8. The molecule has 0 aliphatic heterocycles. The minimum Gasteiger partial charge on any atom is -0.480 e. The second kappa shape index (κ2) is 17.5. The molecule has 0 saturated carbocycles. The van der Waals surface area contributed by atoms with Gasteiger partial charge < -0.3 is 58.4 Å². The van der Waals surface area contributed by atoms with Crippen LogP contribution in [0.2, 0.25) is 0 Å². The molecule has 16 heteroatoms. The second-order valence-electron chi connectivity index (χ2n) is 10.0. The molecular weight excluding hydrogens is 530 g/mol. The van der Waals surface area contributed by atoms with Gasteiger partial charge in [-0.1, -0.05) is 0 Å². The summed E-state index contributed by atoms with van der Waals surface area (Å²) in [5, 5.41) is 49.8. The van der Waals surface area contributed by atoms with Gasteiger partial charge in [0.05, 0.1) is 18.1 Å². The van der Waals surface area contributed by atoms with Crippen molar-refractivity contribution >= 4 is 23.9 Å². The van der Waals surface area contributed by atoms with E-state index in [-0.39, 0.29) is 50.6 Å². The molecular formula is C24H43N7O9. The molecule has 0 bridgehead atoms. The van der Waals surface area contributed by atoms with Gasteiger partial charge in [0.2, 0.25) is 0 Å². The van der Waals surface area contributed by atoms with Crippen LogP contribution in [0.1, 0.15) is 56.7 Å². The van der Waals surface area contributed by atoms with Gasteiger partial charge >= 0.3 is 23.9 Å². The Balaban J connectivity index is 3.09. The Bertz CT molecular complexity index is 961. The zero-order chi connectivity index (χ0) is 30.4.